The van der Waals surface area contributed by atoms with Crippen LogP contribution in [0.5, 0.6) is 0 Å². The quantitative estimate of drug-likeness (QED) is 0.709. The molecule has 3 saturated carbocycles. The van der Waals surface area contributed by atoms with Crippen LogP contribution >= 0.6 is 0 Å². The fourth-order valence-electron chi connectivity index (χ4n) is 2.81. The van der Waals surface area contributed by atoms with Crippen molar-refractivity contribution in [2.24, 2.45) is 17.8 Å². The first-order valence-electron chi connectivity index (χ1n) is 5.49. The molecule has 0 saturated heterocycles. The third kappa shape index (κ3) is 1.88. The molecule has 1 N–H and O–H groups in total. The fraction of sp³-hybridized carbons (Fsp3) is 1.00. The molecule has 3 aliphatic rings. The van der Waals surface area contributed by atoms with Crippen molar-refractivity contribution in [2.45, 2.75) is 38.8 Å². The second-order valence-corrected chi connectivity index (χ2v) is 5.34. The summed E-state index contributed by atoms with van der Waals surface area (Å²) in [6, 6.07) is 0. The van der Waals surface area contributed by atoms with Gasteiger partial charge in [0.25, 0.3) is 0 Å². The van der Waals surface area contributed by atoms with Gasteiger partial charge in [-0.15, -0.1) is 0 Å². The second kappa shape index (κ2) is 3.23. The summed E-state index contributed by atoms with van der Waals surface area (Å²) in [5.74, 6) is 2.03. The van der Waals surface area contributed by atoms with Gasteiger partial charge in [0.1, 0.15) is 5.67 Å². The Kier molecular flexibility index (Phi) is 2.35. The van der Waals surface area contributed by atoms with E-state index < -0.39 is 5.67 Å². The summed E-state index contributed by atoms with van der Waals surface area (Å²) in [5.41, 5.74) is -0.741. The van der Waals surface area contributed by atoms with E-state index in [1.165, 1.54) is 0 Å². The average molecular weight is 185 g/mol. The standard InChI is InChI=1S/C11H20FN/c1-8(2)6-13-7-10-5-11(12)3-9(10)4-11/h8-10,13H,3-7H2,1-2H3. The van der Waals surface area contributed by atoms with Crippen molar-refractivity contribution in [2.75, 3.05) is 13.1 Å². The minimum Gasteiger partial charge on any atom is -0.316 e. The molecule has 3 aliphatic carbocycles. The summed E-state index contributed by atoms with van der Waals surface area (Å²) in [5, 5.41) is 3.43. The molecule has 0 aromatic heterocycles. The molecule has 1 nitrogen and oxygen atoms in total. The van der Waals surface area contributed by atoms with Crippen molar-refractivity contribution < 1.29 is 4.39 Å². The molecule has 0 aromatic carbocycles. The van der Waals surface area contributed by atoms with Crippen LogP contribution in [0.15, 0.2) is 0 Å². The zero-order chi connectivity index (χ0) is 9.47. The van der Waals surface area contributed by atoms with Gasteiger partial charge in [-0.25, -0.2) is 4.39 Å². The highest BCUT2D eigenvalue weighted by Gasteiger charge is 2.56. The lowest BCUT2D eigenvalue weighted by atomic mass is 9.80. The number of nitrogens with one attached hydrogen (secondary N) is 1. The van der Waals surface area contributed by atoms with Gasteiger partial charge in [-0.2, -0.15) is 0 Å². The van der Waals surface area contributed by atoms with Gasteiger partial charge in [-0.1, -0.05) is 13.8 Å². The zero-order valence-electron chi connectivity index (χ0n) is 8.65. The second-order valence-electron chi connectivity index (χ2n) is 5.34. The Labute approximate surface area is 80.1 Å². The van der Waals surface area contributed by atoms with Crippen LogP contribution in [0, 0.1) is 17.8 Å². The SMILES string of the molecule is CC(C)CNCC1CC2(F)CC1C2. The van der Waals surface area contributed by atoms with E-state index in [0.717, 1.165) is 32.4 Å². The van der Waals surface area contributed by atoms with E-state index in [2.05, 4.69) is 19.2 Å². The largest absolute Gasteiger partial charge is 0.316 e. The van der Waals surface area contributed by atoms with Crippen LogP contribution in [0.4, 0.5) is 4.39 Å². The van der Waals surface area contributed by atoms with Gasteiger partial charge in [0.15, 0.2) is 0 Å². The van der Waals surface area contributed by atoms with E-state index in [4.69, 9.17) is 0 Å². The first-order valence-corrected chi connectivity index (χ1v) is 5.49. The van der Waals surface area contributed by atoms with Crippen LogP contribution in [0.25, 0.3) is 0 Å². The van der Waals surface area contributed by atoms with E-state index in [-0.39, 0.29) is 0 Å². The predicted molar refractivity (Wildman–Crippen MR) is 52.4 cm³/mol. The minimum absolute atomic E-state index is 0.628. The maximum atomic E-state index is 13.5. The van der Waals surface area contributed by atoms with Crippen molar-refractivity contribution in [1.82, 2.24) is 5.32 Å². The summed E-state index contributed by atoms with van der Waals surface area (Å²) in [4.78, 5) is 0. The Morgan fingerprint density at radius 2 is 2.08 bits per heavy atom. The zero-order valence-corrected chi connectivity index (χ0v) is 8.65. The van der Waals surface area contributed by atoms with Gasteiger partial charge in [-0.3, -0.25) is 0 Å². The molecular formula is C11H20FN. The number of hydrogen-bond donors (Lipinski definition) is 1. The molecule has 3 rings (SSSR count). The smallest absolute Gasteiger partial charge is 0.112 e. The van der Waals surface area contributed by atoms with E-state index in [9.17, 15) is 4.39 Å². The molecule has 76 valence electrons. The molecule has 2 heteroatoms. The molecule has 13 heavy (non-hydrogen) atoms. The monoisotopic (exact) mass is 185 g/mol. The molecule has 0 aromatic rings. The topological polar surface area (TPSA) is 12.0 Å². The van der Waals surface area contributed by atoms with Crippen molar-refractivity contribution in [3.8, 4) is 0 Å². The first-order chi connectivity index (χ1) is 6.09. The number of hydrogen-bond acceptors (Lipinski definition) is 1. The Hall–Kier alpha value is -0.110. The minimum atomic E-state index is -0.741. The van der Waals surface area contributed by atoms with E-state index in [1.54, 1.807) is 0 Å². The molecule has 0 spiro atoms. The summed E-state index contributed by atoms with van der Waals surface area (Å²) < 4.78 is 13.5. The third-order valence-corrected chi connectivity index (χ3v) is 3.51. The average Bonchev–Trinajstić information content (AvgIpc) is 2.40. The van der Waals surface area contributed by atoms with Crippen LogP contribution in [-0.4, -0.2) is 18.8 Å². The lowest BCUT2D eigenvalue weighted by Crippen LogP contribution is -2.31. The highest BCUT2D eigenvalue weighted by molar-refractivity contribution is 5.06. The summed E-state index contributed by atoms with van der Waals surface area (Å²) in [6.45, 7) is 6.52. The molecule has 1 atom stereocenters. The van der Waals surface area contributed by atoms with Crippen molar-refractivity contribution in [3.05, 3.63) is 0 Å². The first kappa shape index (κ1) is 9.45. The van der Waals surface area contributed by atoms with E-state index >= 15 is 0 Å². The van der Waals surface area contributed by atoms with Gasteiger partial charge >= 0.3 is 0 Å². The van der Waals surface area contributed by atoms with Gasteiger partial charge in [0.2, 0.25) is 0 Å². The molecule has 1 unspecified atom stereocenters. The van der Waals surface area contributed by atoms with Gasteiger partial charge in [0, 0.05) is 0 Å². The normalized spacial score (nSPS) is 42.5. The lowest BCUT2D eigenvalue weighted by molar-refractivity contribution is 0.0738. The van der Waals surface area contributed by atoms with E-state index in [0.29, 0.717) is 17.8 Å². The highest BCUT2D eigenvalue weighted by Crippen LogP contribution is 2.57. The van der Waals surface area contributed by atoms with Crippen LogP contribution in [0.2, 0.25) is 0 Å². The van der Waals surface area contributed by atoms with Gasteiger partial charge in [-0.05, 0) is 50.1 Å². The molecular weight excluding hydrogens is 165 g/mol. The van der Waals surface area contributed by atoms with Crippen LogP contribution in [-0.2, 0) is 0 Å². The summed E-state index contributed by atoms with van der Waals surface area (Å²) in [7, 11) is 0. The molecule has 2 bridgehead atoms. The molecule has 3 fully saturated rings. The van der Waals surface area contributed by atoms with Crippen LogP contribution in [0.1, 0.15) is 33.1 Å². The van der Waals surface area contributed by atoms with Crippen molar-refractivity contribution >= 4 is 0 Å². The number of rotatable bonds is 4. The Morgan fingerprint density at radius 3 is 2.54 bits per heavy atom. The van der Waals surface area contributed by atoms with Crippen LogP contribution < -0.4 is 5.32 Å². The third-order valence-electron chi connectivity index (χ3n) is 3.51. The Bertz CT molecular complexity index is 185. The molecule has 0 radical (unpaired) electrons. The lowest BCUT2D eigenvalue weighted by Gasteiger charge is -2.30. The van der Waals surface area contributed by atoms with Crippen molar-refractivity contribution in [3.63, 3.8) is 0 Å². The Morgan fingerprint density at radius 1 is 1.38 bits per heavy atom. The number of alkyl halides is 1. The van der Waals surface area contributed by atoms with E-state index in [1.807, 2.05) is 0 Å². The summed E-state index contributed by atoms with van der Waals surface area (Å²) in [6.07, 6.45) is 2.52. The van der Waals surface area contributed by atoms with Gasteiger partial charge < -0.3 is 5.32 Å². The molecule has 0 heterocycles. The number of fused-ring (bicyclic) bond motifs is 1. The number of halogens is 1. The fourth-order valence-corrected chi connectivity index (χ4v) is 2.81. The molecule has 0 amide bonds. The van der Waals surface area contributed by atoms with Gasteiger partial charge in [0.05, 0.1) is 0 Å². The Balaban J connectivity index is 1.67. The maximum absolute atomic E-state index is 13.5. The van der Waals surface area contributed by atoms with Crippen molar-refractivity contribution in [1.29, 1.82) is 0 Å². The maximum Gasteiger partial charge on any atom is 0.112 e. The van der Waals surface area contributed by atoms with Crippen LogP contribution in [0.3, 0.4) is 0 Å². The summed E-state index contributed by atoms with van der Waals surface area (Å²) >= 11 is 0. The predicted octanol–water partition coefficient (Wildman–Crippen LogP) is 2.37. The highest BCUT2D eigenvalue weighted by atomic mass is 19.1. The molecule has 0 aliphatic heterocycles.